The Balaban J connectivity index is 1.37. The number of nitrogens with one attached hydrogen (secondary N) is 2. The number of hydrogen-bond acceptors (Lipinski definition) is 4. The van der Waals surface area contributed by atoms with Gasteiger partial charge in [0.1, 0.15) is 0 Å². The minimum Gasteiger partial charge on any atom is -0.378 e. The number of ether oxygens (including phenoxy) is 1. The van der Waals surface area contributed by atoms with Crippen molar-refractivity contribution in [3.8, 4) is 0 Å². The zero-order valence-corrected chi connectivity index (χ0v) is 20.2. The number of amides is 1. The van der Waals surface area contributed by atoms with E-state index in [1.807, 2.05) is 60.7 Å². The third-order valence-electron chi connectivity index (χ3n) is 7.35. The maximum absolute atomic E-state index is 13.5. The Hall–Kier alpha value is -3.36. The second-order valence-corrected chi connectivity index (χ2v) is 9.81. The molecule has 0 unspecified atom stereocenters. The van der Waals surface area contributed by atoms with Crippen LogP contribution >= 0.6 is 0 Å². The molecule has 1 saturated heterocycles. The van der Waals surface area contributed by atoms with Gasteiger partial charge in [-0.3, -0.25) is 4.79 Å². The number of halogens is 3. The maximum atomic E-state index is 13.5. The highest BCUT2D eigenvalue weighted by Gasteiger charge is 2.43. The number of hydrogen-bond donors (Lipinski definition) is 3. The van der Waals surface area contributed by atoms with E-state index in [0.29, 0.717) is 30.6 Å². The van der Waals surface area contributed by atoms with Gasteiger partial charge in [-0.25, -0.2) is 0 Å². The van der Waals surface area contributed by atoms with Crippen LogP contribution in [0.1, 0.15) is 47.2 Å². The highest BCUT2D eigenvalue weighted by molar-refractivity contribution is 5.80. The molecule has 0 aromatic heterocycles. The maximum Gasteiger partial charge on any atom is 0.416 e. The number of carbonyl (C=O) groups excluding carboxylic acids is 1. The Labute approximate surface area is 214 Å². The molecule has 0 spiro atoms. The molecule has 1 fully saturated rings. The number of anilines is 1. The van der Waals surface area contributed by atoms with Crippen molar-refractivity contribution < 1.29 is 22.7 Å². The van der Waals surface area contributed by atoms with Crippen molar-refractivity contribution in [2.24, 2.45) is 11.7 Å². The highest BCUT2D eigenvalue weighted by Crippen LogP contribution is 2.51. The first-order valence-electron chi connectivity index (χ1n) is 12.5. The van der Waals surface area contributed by atoms with Crippen LogP contribution in [0.3, 0.4) is 0 Å². The average Bonchev–Trinajstić information content (AvgIpc) is 2.90. The third kappa shape index (κ3) is 5.65. The Kier molecular flexibility index (Phi) is 7.22. The fraction of sp³-hybridized carbons (Fsp3) is 0.345. The quantitative estimate of drug-likeness (QED) is 0.399. The van der Waals surface area contributed by atoms with Crippen molar-refractivity contribution in [1.82, 2.24) is 5.32 Å². The van der Waals surface area contributed by atoms with E-state index in [-0.39, 0.29) is 18.1 Å². The minimum atomic E-state index is -4.44. The van der Waals surface area contributed by atoms with Crippen molar-refractivity contribution in [3.63, 3.8) is 0 Å². The van der Waals surface area contributed by atoms with Crippen LogP contribution in [0, 0.1) is 5.92 Å². The lowest BCUT2D eigenvalue weighted by Gasteiger charge is -2.46. The molecular formula is C29H30F3N3O2. The Morgan fingerprint density at radius 1 is 1.03 bits per heavy atom. The number of alkyl halides is 3. The van der Waals surface area contributed by atoms with E-state index in [4.69, 9.17) is 10.5 Å². The summed E-state index contributed by atoms with van der Waals surface area (Å²) in [6, 6.07) is 22.7. The molecule has 0 saturated carbocycles. The molecule has 0 aliphatic carbocycles. The van der Waals surface area contributed by atoms with E-state index < -0.39 is 29.8 Å². The summed E-state index contributed by atoms with van der Waals surface area (Å²) in [5, 5.41) is 6.71. The van der Waals surface area contributed by atoms with Crippen LogP contribution < -0.4 is 16.4 Å². The molecular weight excluding hydrogens is 479 g/mol. The minimum absolute atomic E-state index is 0.0362. The SMILES string of the molecule is NC(=O)[C@H](Cc1ccccc1)NC[C@H]1CC[C@@H]2[C@H](O1)c1cc(C(F)(F)F)ccc1N[C@H]2c1ccccc1. The molecule has 3 aromatic carbocycles. The number of primary amides is 1. The molecule has 37 heavy (non-hydrogen) atoms. The van der Waals surface area contributed by atoms with Gasteiger partial charge in [0.15, 0.2) is 0 Å². The second-order valence-electron chi connectivity index (χ2n) is 9.81. The zero-order chi connectivity index (χ0) is 26.0. The van der Waals surface area contributed by atoms with Crippen LogP contribution in [0.25, 0.3) is 0 Å². The molecule has 2 aliphatic rings. The summed E-state index contributed by atoms with van der Waals surface area (Å²) in [5.74, 6) is -0.491. The van der Waals surface area contributed by atoms with Gasteiger partial charge in [-0.1, -0.05) is 60.7 Å². The van der Waals surface area contributed by atoms with E-state index in [1.54, 1.807) is 0 Å². The lowest BCUT2D eigenvalue weighted by molar-refractivity contribution is -0.138. The Morgan fingerprint density at radius 3 is 2.41 bits per heavy atom. The standard InChI is InChI=1S/C29H30F3N3O2/c30-29(31,32)20-11-14-24-23(16-20)27-22(26(35-24)19-9-5-2-6-10-19)13-12-21(37-27)17-34-25(28(33)36)15-18-7-3-1-4-8-18/h1-11,14,16,21-22,25-27,34-35H,12-13,15,17H2,(H2,33,36)/t21-,22+,25+,26+,27+/m1/s1. The lowest BCUT2D eigenvalue weighted by atomic mass is 9.76. The van der Waals surface area contributed by atoms with Crippen molar-refractivity contribution in [2.75, 3.05) is 11.9 Å². The van der Waals surface area contributed by atoms with Gasteiger partial charge in [0, 0.05) is 23.7 Å². The van der Waals surface area contributed by atoms with E-state index >= 15 is 0 Å². The molecule has 2 heterocycles. The fourth-order valence-electron chi connectivity index (χ4n) is 5.47. The summed E-state index contributed by atoms with van der Waals surface area (Å²) in [6.45, 7) is 0.376. The fourth-order valence-corrected chi connectivity index (χ4v) is 5.47. The van der Waals surface area contributed by atoms with Gasteiger partial charge in [-0.05, 0) is 48.6 Å². The first-order valence-corrected chi connectivity index (χ1v) is 12.5. The van der Waals surface area contributed by atoms with Gasteiger partial charge in [0.2, 0.25) is 5.91 Å². The van der Waals surface area contributed by atoms with Crippen LogP contribution in [0.4, 0.5) is 18.9 Å². The van der Waals surface area contributed by atoms with E-state index in [9.17, 15) is 18.0 Å². The number of nitrogens with two attached hydrogens (primary N) is 1. The van der Waals surface area contributed by atoms with E-state index in [2.05, 4.69) is 10.6 Å². The molecule has 5 nitrogen and oxygen atoms in total. The normalized spacial score (nSPS) is 23.9. The van der Waals surface area contributed by atoms with Gasteiger partial charge >= 0.3 is 6.18 Å². The van der Waals surface area contributed by atoms with E-state index in [0.717, 1.165) is 23.6 Å². The molecule has 0 radical (unpaired) electrons. The van der Waals surface area contributed by atoms with Crippen molar-refractivity contribution in [3.05, 3.63) is 101 Å². The molecule has 5 atom stereocenters. The van der Waals surface area contributed by atoms with Gasteiger partial charge in [0.25, 0.3) is 0 Å². The summed E-state index contributed by atoms with van der Waals surface area (Å²) in [4.78, 5) is 12.1. The summed E-state index contributed by atoms with van der Waals surface area (Å²) >= 11 is 0. The van der Waals surface area contributed by atoms with Gasteiger partial charge in [0.05, 0.1) is 29.9 Å². The number of carbonyl (C=O) groups is 1. The molecule has 2 aliphatic heterocycles. The van der Waals surface area contributed by atoms with Crippen molar-refractivity contribution in [1.29, 1.82) is 0 Å². The number of rotatable bonds is 7. The summed E-state index contributed by atoms with van der Waals surface area (Å²) in [5.41, 5.74) is 8.19. The Morgan fingerprint density at radius 2 is 1.73 bits per heavy atom. The predicted molar refractivity (Wildman–Crippen MR) is 136 cm³/mol. The van der Waals surface area contributed by atoms with Gasteiger partial charge in [-0.2, -0.15) is 13.2 Å². The highest BCUT2D eigenvalue weighted by atomic mass is 19.4. The summed E-state index contributed by atoms with van der Waals surface area (Å²) in [6.07, 6.45) is -3.29. The molecule has 0 bridgehead atoms. The monoisotopic (exact) mass is 509 g/mol. The van der Waals surface area contributed by atoms with Crippen LogP contribution in [-0.2, 0) is 22.1 Å². The molecule has 8 heteroatoms. The summed E-state index contributed by atoms with van der Waals surface area (Å²) in [7, 11) is 0. The van der Waals surface area contributed by atoms with Crippen molar-refractivity contribution >= 4 is 11.6 Å². The van der Waals surface area contributed by atoms with E-state index in [1.165, 1.54) is 12.1 Å². The average molecular weight is 510 g/mol. The molecule has 5 rings (SSSR count). The largest absolute Gasteiger partial charge is 0.416 e. The Bertz CT molecular complexity index is 1220. The molecule has 4 N–H and O–H groups in total. The molecule has 1 amide bonds. The van der Waals surface area contributed by atoms with Gasteiger partial charge < -0.3 is 21.1 Å². The number of benzene rings is 3. The number of fused-ring (bicyclic) bond motifs is 3. The first-order chi connectivity index (χ1) is 17.8. The lowest BCUT2D eigenvalue weighted by Crippen LogP contribution is -2.48. The van der Waals surface area contributed by atoms with Crippen LogP contribution in [-0.4, -0.2) is 24.6 Å². The first kappa shape index (κ1) is 25.3. The van der Waals surface area contributed by atoms with Crippen LogP contribution in [0.2, 0.25) is 0 Å². The smallest absolute Gasteiger partial charge is 0.378 e. The summed E-state index contributed by atoms with van der Waals surface area (Å²) < 4.78 is 47.1. The topological polar surface area (TPSA) is 76.4 Å². The molecule has 194 valence electrons. The zero-order valence-electron chi connectivity index (χ0n) is 20.2. The predicted octanol–water partition coefficient (Wildman–Crippen LogP) is 5.39. The van der Waals surface area contributed by atoms with Crippen molar-refractivity contribution in [2.45, 2.75) is 49.7 Å². The third-order valence-corrected chi connectivity index (χ3v) is 7.35. The van der Waals surface area contributed by atoms with Crippen LogP contribution in [0.15, 0.2) is 78.9 Å². The van der Waals surface area contributed by atoms with Gasteiger partial charge in [-0.15, -0.1) is 0 Å². The second kappa shape index (κ2) is 10.6. The van der Waals surface area contributed by atoms with Crippen LogP contribution in [0.5, 0.6) is 0 Å². The molecule has 3 aromatic rings.